The molecule has 0 saturated heterocycles. The second-order valence-corrected chi connectivity index (χ2v) is 10.0. The van der Waals surface area contributed by atoms with E-state index in [4.69, 9.17) is 4.74 Å². The zero-order chi connectivity index (χ0) is 25.2. The van der Waals surface area contributed by atoms with Crippen LogP contribution in [-0.4, -0.2) is 37.6 Å². The smallest absolute Gasteiger partial charge is 0.253 e. The van der Waals surface area contributed by atoms with Crippen LogP contribution in [0.2, 0.25) is 0 Å². The molecule has 5 heteroatoms. The van der Waals surface area contributed by atoms with Crippen molar-refractivity contribution in [2.45, 2.75) is 38.3 Å². The molecule has 1 amide bonds. The van der Waals surface area contributed by atoms with E-state index in [0.717, 1.165) is 35.4 Å². The maximum atomic E-state index is 12.8. The minimum atomic E-state index is 0. The Labute approximate surface area is 226 Å². The Kier molecular flexibility index (Phi) is 8.21. The van der Waals surface area contributed by atoms with Gasteiger partial charge in [0.05, 0.1) is 0 Å². The third kappa shape index (κ3) is 5.51. The zero-order valence-corrected chi connectivity index (χ0v) is 22.7. The standard InChI is InChI=1S/C32H34N2O2.ClH/c1-21-16-17-24(18-29(21)32(35)34(3)4)30-19-25(36-31-15-8-7-13-28(30)31)20-33-22(2)26-14-9-11-23-10-5-6-12-27(23)26;/h5-18,22,25,30,33H,19-20H2,1-4H3;1H/t22-,25-,30+;/m1./s1. The first-order chi connectivity index (χ1) is 17.4. The number of nitrogens with one attached hydrogen (secondary N) is 1. The number of aryl methyl sites for hydroxylation is 1. The molecule has 5 rings (SSSR count). The number of amides is 1. The lowest BCUT2D eigenvalue weighted by Crippen LogP contribution is -2.37. The van der Waals surface area contributed by atoms with Crippen LogP contribution in [-0.2, 0) is 0 Å². The fourth-order valence-electron chi connectivity index (χ4n) is 5.31. The van der Waals surface area contributed by atoms with Gasteiger partial charge >= 0.3 is 0 Å². The van der Waals surface area contributed by atoms with Gasteiger partial charge in [0.15, 0.2) is 0 Å². The summed E-state index contributed by atoms with van der Waals surface area (Å²) in [6, 6.07) is 29.8. The zero-order valence-electron chi connectivity index (χ0n) is 21.9. The van der Waals surface area contributed by atoms with E-state index < -0.39 is 0 Å². The summed E-state index contributed by atoms with van der Waals surface area (Å²) in [7, 11) is 3.61. The first-order valence-corrected chi connectivity index (χ1v) is 12.7. The van der Waals surface area contributed by atoms with Crippen molar-refractivity contribution in [2.75, 3.05) is 20.6 Å². The minimum Gasteiger partial charge on any atom is -0.489 e. The molecule has 0 bridgehead atoms. The molecule has 0 saturated carbocycles. The predicted molar refractivity (Wildman–Crippen MR) is 154 cm³/mol. The van der Waals surface area contributed by atoms with Crippen molar-refractivity contribution >= 4 is 29.1 Å². The summed E-state index contributed by atoms with van der Waals surface area (Å²) in [5.74, 6) is 1.14. The topological polar surface area (TPSA) is 41.6 Å². The third-order valence-corrected chi connectivity index (χ3v) is 7.33. The number of halogens is 1. The summed E-state index contributed by atoms with van der Waals surface area (Å²) in [5, 5.41) is 6.27. The summed E-state index contributed by atoms with van der Waals surface area (Å²) in [6.07, 6.45) is 0.877. The van der Waals surface area contributed by atoms with Crippen LogP contribution in [0.15, 0.2) is 84.9 Å². The normalized spacial score (nSPS) is 17.3. The monoisotopic (exact) mass is 514 g/mol. The summed E-state index contributed by atoms with van der Waals surface area (Å²) in [6.45, 7) is 4.96. The number of benzene rings is 4. The van der Waals surface area contributed by atoms with E-state index in [1.165, 1.54) is 21.9 Å². The van der Waals surface area contributed by atoms with Crippen LogP contribution in [0.3, 0.4) is 0 Å². The van der Waals surface area contributed by atoms with Crippen molar-refractivity contribution in [3.63, 3.8) is 0 Å². The molecule has 0 radical (unpaired) electrons. The molecular weight excluding hydrogens is 480 g/mol. The van der Waals surface area contributed by atoms with E-state index >= 15 is 0 Å². The second kappa shape index (κ2) is 11.4. The Balaban J connectivity index is 0.00000320. The van der Waals surface area contributed by atoms with Crippen molar-refractivity contribution in [3.8, 4) is 5.75 Å². The number of carbonyl (C=O) groups is 1. The molecule has 4 aromatic carbocycles. The summed E-state index contributed by atoms with van der Waals surface area (Å²) < 4.78 is 6.46. The van der Waals surface area contributed by atoms with E-state index in [1.54, 1.807) is 19.0 Å². The number of hydrogen-bond acceptors (Lipinski definition) is 3. The number of carbonyl (C=O) groups excluding carboxylic acids is 1. The average Bonchev–Trinajstić information content (AvgIpc) is 2.90. The summed E-state index contributed by atoms with van der Waals surface area (Å²) >= 11 is 0. The summed E-state index contributed by atoms with van der Waals surface area (Å²) in [4.78, 5) is 14.5. The molecule has 1 N–H and O–H groups in total. The number of hydrogen-bond donors (Lipinski definition) is 1. The van der Waals surface area contributed by atoms with E-state index in [1.807, 2.05) is 13.0 Å². The Bertz CT molecular complexity index is 1400. The van der Waals surface area contributed by atoms with Crippen LogP contribution in [0.4, 0.5) is 0 Å². The number of fused-ring (bicyclic) bond motifs is 2. The van der Waals surface area contributed by atoms with Gasteiger partial charge in [-0.25, -0.2) is 0 Å². The molecule has 1 aliphatic rings. The van der Waals surface area contributed by atoms with Gasteiger partial charge in [0, 0.05) is 43.7 Å². The maximum Gasteiger partial charge on any atom is 0.253 e. The summed E-state index contributed by atoms with van der Waals surface area (Å²) in [5.41, 5.74) is 5.41. The highest BCUT2D eigenvalue weighted by atomic mass is 35.5. The molecule has 3 atom stereocenters. The van der Waals surface area contributed by atoms with Crippen LogP contribution in [0, 0.1) is 6.92 Å². The Morgan fingerprint density at radius 1 is 1.00 bits per heavy atom. The highest BCUT2D eigenvalue weighted by Gasteiger charge is 2.30. The third-order valence-electron chi connectivity index (χ3n) is 7.33. The van der Waals surface area contributed by atoms with Crippen LogP contribution < -0.4 is 10.1 Å². The largest absolute Gasteiger partial charge is 0.489 e. The number of rotatable bonds is 6. The van der Waals surface area contributed by atoms with E-state index in [0.29, 0.717) is 0 Å². The van der Waals surface area contributed by atoms with E-state index in [9.17, 15) is 4.79 Å². The lowest BCUT2D eigenvalue weighted by molar-refractivity contribution is 0.0826. The van der Waals surface area contributed by atoms with Gasteiger partial charge in [-0.05, 0) is 59.9 Å². The molecular formula is C32H35ClN2O2. The molecule has 37 heavy (non-hydrogen) atoms. The molecule has 192 valence electrons. The van der Waals surface area contributed by atoms with Gasteiger partial charge in [0.25, 0.3) is 5.91 Å². The molecule has 0 fully saturated rings. The fraction of sp³-hybridized carbons (Fsp3) is 0.281. The average molecular weight is 515 g/mol. The molecule has 1 aliphatic heterocycles. The Morgan fingerprint density at radius 3 is 2.54 bits per heavy atom. The molecule has 4 nitrogen and oxygen atoms in total. The molecule has 0 unspecified atom stereocenters. The first-order valence-electron chi connectivity index (χ1n) is 12.7. The quantitative estimate of drug-likeness (QED) is 0.304. The maximum absolute atomic E-state index is 12.8. The van der Waals surface area contributed by atoms with Crippen LogP contribution >= 0.6 is 12.4 Å². The van der Waals surface area contributed by atoms with Crippen LogP contribution in [0.5, 0.6) is 5.75 Å². The first kappa shape index (κ1) is 26.7. The number of para-hydroxylation sites is 1. The van der Waals surface area contributed by atoms with Crippen molar-refractivity contribution in [3.05, 3.63) is 113 Å². The van der Waals surface area contributed by atoms with E-state index in [2.05, 4.69) is 91.1 Å². The van der Waals surface area contributed by atoms with Crippen LogP contribution in [0.1, 0.15) is 57.9 Å². The highest BCUT2D eigenvalue weighted by molar-refractivity contribution is 5.95. The highest BCUT2D eigenvalue weighted by Crippen LogP contribution is 2.41. The van der Waals surface area contributed by atoms with E-state index in [-0.39, 0.29) is 36.4 Å². The van der Waals surface area contributed by atoms with Crippen molar-refractivity contribution in [1.82, 2.24) is 10.2 Å². The lowest BCUT2D eigenvalue weighted by Gasteiger charge is -2.34. The molecule has 0 aliphatic carbocycles. The van der Waals surface area contributed by atoms with Gasteiger partial charge < -0.3 is 15.0 Å². The second-order valence-electron chi connectivity index (χ2n) is 10.0. The van der Waals surface area contributed by atoms with Crippen molar-refractivity contribution in [2.24, 2.45) is 0 Å². The van der Waals surface area contributed by atoms with Gasteiger partial charge in [0.2, 0.25) is 0 Å². The SMILES string of the molecule is Cc1ccc([C@@H]2C[C@H](CN[C@H](C)c3cccc4ccccc34)Oc3ccccc32)cc1C(=O)N(C)C.Cl. The van der Waals surface area contributed by atoms with Gasteiger partial charge in [-0.1, -0.05) is 72.8 Å². The lowest BCUT2D eigenvalue weighted by atomic mass is 9.83. The molecule has 1 heterocycles. The molecule has 0 aromatic heterocycles. The Morgan fingerprint density at radius 2 is 1.73 bits per heavy atom. The van der Waals surface area contributed by atoms with Gasteiger partial charge in [0.1, 0.15) is 11.9 Å². The fourth-order valence-corrected chi connectivity index (χ4v) is 5.31. The number of ether oxygens (including phenoxy) is 1. The van der Waals surface area contributed by atoms with Gasteiger partial charge in [-0.2, -0.15) is 0 Å². The van der Waals surface area contributed by atoms with Crippen LogP contribution in [0.25, 0.3) is 10.8 Å². The Hall–Kier alpha value is -3.34. The van der Waals surface area contributed by atoms with Gasteiger partial charge in [-0.3, -0.25) is 4.79 Å². The molecule has 4 aromatic rings. The number of nitrogens with zero attached hydrogens (tertiary/aromatic N) is 1. The van der Waals surface area contributed by atoms with Gasteiger partial charge in [-0.15, -0.1) is 12.4 Å². The molecule has 0 spiro atoms. The predicted octanol–water partition coefficient (Wildman–Crippen LogP) is 6.91. The van der Waals surface area contributed by atoms with Crippen molar-refractivity contribution in [1.29, 1.82) is 0 Å². The van der Waals surface area contributed by atoms with Crippen molar-refractivity contribution < 1.29 is 9.53 Å². The minimum absolute atomic E-state index is 0.